The number of para-hydroxylation sites is 1. The van der Waals surface area contributed by atoms with Crippen molar-refractivity contribution in [3.63, 3.8) is 0 Å². The Balaban J connectivity index is 1.92. The summed E-state index contributed by atoms with van der Waals surface area (Å²) in [6.07, 6.45) is 1.42. The summed E-state index contributed by atoms with van der Waals surface area (Å²) in [5.41, 5.74) is 0.755. The maximum Gasteiger partial charge on any atom is 0.310 e. The van der Waals surface area contributed by atoms with Crippen LogP contribution in [0.4, 0.5) is 11.4 Å². The highest BCUT2D eigenvalue weighted by molar-refractivity contribution is 7.92. The van der Waals surface area contributed by atoms with E-state index in [0.717, 1.165) is 0 Å². The number of fused-ring (bicyclic) bond motifs is 1. The maximum atomic E-state index is 12.6. The molecule has 0 saturated carbocycles. The van der Waals surface area contributed by atoms with Gasteiger partial charge in [0.1, 0.15) is 10.5 Å². The average Bonchev–Trinajstić information content (AvgIpc) is 3.03. The van der Waals surface area contributed by atoms with Gasteiger partial charge >= 0.3 is 5.97 Å². The van der Waals surface area contributed by atoms with E-state index in [1.807, 2.05) is 0 Å². The molecule has 0 aliphatic carbocycles. The summed E-state index contributed by atoms with van der Waals surface area (Å²) in [4.78, 5) is 11.0. The van der Waals surface area contributed by atoms with Crippen LogP contribution < -0.4 is 9.95 Å². The SMILES string of the molecule is COC(=O)Cc1coc2cc(NS(=O)(=O)c3ccccc3N([O-])O)ccc12. The molecule has 2 aromatic carbocycles. The summed E-state index contributed by atoms with van der Waals surface area (Å²) in [5, 5.41) is 20.4. The van der Waals surface area contributed by atoms with Crippen molar-refractivity contribution in [3.8, 4) is 0 Å². The first kappa shape index (κ1) is 18.7. The molecule has 9 nitrogen and oxygen atoms in total. The van der Waals surface area contributed by atoms with Crippen molar-refractivity contribution in [2.24, 2.45) is 0 Å². The molecule has 142 valence electrons. The molecule has 0 spiro atoms. The zero-order valence-corrected chi connectivity index (χ0v) is 14.9. The van der Waals surface area contributed by atoms with E-state index in [-0.39, 0.29) is 17.0 Å². The Morgan fingerprint density at radius 1 is 1.30 bits per heavy atom. The minimum Gasteiger partial charge on any atom is -0.733 e. The molecule has 0 fully saturated rings. The predicted molar refractivity (Wildman–Crippen MR) is 96.8 cm³/mol. The number of anilines is 2. The van der Waals surface area contributed by atoms with Crippen LogP contribution >= 0.6 is 0 Å². The molecular weight excluding hydrogens is 376 g/mol. The topological polar surface area (TPSA) is 132 Å². The zero-order chi connectivity index (χ0) is 19.6. The van der Waals surface area contributed by atoms with Crippen molar-refractivity contribution in [1.29, 1.82) is 0 Å². The highest BCUT2D eigenvalue weighted by Gasteiger charge is 2.20. The highest BCUT2D eigenvalue weighted by atomic mass is 32.2. The van der Waals surface area contributed by atoms with E-state index < -0.39 is 26.9 Å². The Morgan fingerprint density at radius 3 is 2.74 bits per heavy atom. The largest absolute Gasteiger partial charge is 0.733 e. The van der Waals surface area contributed by atoms with Crippen molar-refractivity contribution < 1.29 is 27.6 Å². The molecule has 1 heterocycles. The average molecular weight is 391 g/mol. The van der Waals surface area contributed by atoms with Gasteiger partial charge in [0.25, 0.3) is 10.0 Å². The van der Waals surface area contributed by atoms with Crippen LogP contribution in [0.25, 0.3) is 11.0 Å². The lowest BCUT2D eigenvalue weighted by Gasteiger charge is -2.24. The van der Waals surface area contributed by atoms with Gasteiger partial charge in [-0.1, -0.05) is 12.1 Å². The summed E-state index contributed by atoms with van der Waals surface area (Å²) in [6.45, 7) is 0. The van der Waals surface area contributed by atoms with Gasteiger partial charge in [-0.2, -0.15) is 0 Å². The number of furan rings is 1. The first-order valence-electron chi connectivity index (χ1n) is 7.67. The first-order valence-corrected chi connectivity index (χ1v) is 9.15. The Morgan fingerprint density at radius 2 is 2.04 bits per heavy atom. The van der Waals surface area contributed by atoms with Gasteiger partial charge < -0.3 is 19.6 Å². The second-order valence-electron chi connectivity index (χ2n) is 5.57. The molecule has 0 unspecified atom stereocenters. The number of rotatable bonds is 6. The molecule has 1 aromatic heterocycles. The number of sulfonamides is 1. The van der Waals surface area contributed by atoms with E-state index in [4.69, 9.17) is 9.62 Å². The first-order chi connectivity index (χ1) is 12.8. The molecular formula is C17H15N2O7S-. The van der Waals surface area contributed by atoms with Crippen LogP contribution in [0.2, 0.25) is 0 Å². The van der Waals surface area contributed by atoms with Gasteiger partial charge in [-0.3, -0.25) is 14.7 Å². The molecule has 0 saturated heterocycles. The number of hydrogen-bond acceptors (Lipinski definition) is 8. The minimum atomic E-state index is -4.14. The van der Waals surface area contributed by atoms with Crippen LogP contribution in [0.15, 0.2) is 58.0 Å². The van der Waals surface area contributed by atoms with Crippen LogP contribution in [-0.4, -0.2) is 26.7 Å². The smallest absolute Gasteiger partial charge is 0.310 e. The summed E-state index contributed by atoms with van der Waals surface area (Å²) >= 11 is 0. The molecule has 10 heteroatoms. The molecule has 0 radical (unpaired) electrons. The zero-order valence-electron chi connectivity index (χ0n) is 14.1. The Kier molecular flexibility index (Phi) is 5.04. The quantitative estimate of drug-likeness (QED) is 0.484. The van der Waals surface area contributed by atoms with E-state index >= 15 is 0 Å². The standard InChI is InChI=1S/C17H15N2O7S/c1-25-17(20)8-11-10-26-15-9-12(6-7-13(11)15)18-27(23,24)16-5-3-2-4-14(16)19(21)22/h2-7,9-10,18,21H,8H2,1H3/q-1. The van der Waals surface area contributed by atoms with E-state index in [0.29, 0.717) is 16.5 Å². The third-order valence-corrected chi connectivity index (χ3v) is 5.26. The fourth-order valence-electron chi connectivity index (χ4n) is 2.56. The lowest BCUT2D eigenvalue weighted by molar-refractivity contribution is -0.139. The van der Waals surface area contributed by atoms with Gasteiger partial charge in [-0.05, 0) is 24.3 Å². The molecule has 0 aliphatic rings. The van der Waals surface area contributed by atoms with Crippen molar-refractivity contribution in [2.45, 2.75) is 11.3 Å². The molecule has 0 bridgehead atoms. The van der Waals surface area contributed by atoms with E-state index in [1.54, 1.807) is 6.07 Å². The molecule has 0 amide bonds. The predicted octanol–water partition coefficient (Wildman–Crippen LogP) is 2.64. The number of esters is 1. The minimum absolute atomic E-state index is 0.0256. The number of nitrogens with zero attached hydrogens (tertiary/aromatic N) is 1. The van der Waals surface area contributed by atoms with Crippen LogP contribution in [0.3, 0.4) is 0 Å². The number of nitrogens with one attached hydrogen (secondary N) is 1. The highest BCUT2D eigenvalue weighted by Crippen LogP contribution is 2.29. The van der Waals surface area contributed by atoms with Gasteiger partial charge in [0.2, 0.25) is 0 Å². The van der Waals surface area contributed by atoms with Gasteiger partial charge in [-0.15, -0.1) is 0 Å². The molecule has 27 heavy (non-hydrogen) atoms. The number of ether oxygens (including phenoxy) is 1. The number of hydrogen-bond donors (Lipinski definition) is 2. The van der Waals surface area contributed by atoms with Crippen LogP contribution in [0.5, 0.6) is 0 Å². The summed E-state index contributed by atoms with van der Waals surface area (Å²) in [5.74, 6) is -0.426. The van der Waals surface area contributed by atoms with E-state index in [9.17, 15) is 18.4 Å². The van der Waals surface area contributed by atoms with Gasteiger partial charge in [0.05, 0.1) is 31.2 Å². The number of carbonyl (C=O) groups excluding carboxylic acids is 1. The van der Waals surface area contributed by atoms with E-state index in [2.05, 4.69) is 9.46 Å². The summed E-state index contributed by atoms with van der Waals surface area (Å²) in [6, 6.07) is 9.77. The molecule has 3 rings (SSSR count). The number of methoxy groups -OCH3 is 1. The normalized spacial score (nSPS) is 11.4. The van der Waals surface area contributed by atoms with Crippen molar-refractivity contribution in [1.82, 2.24) is 0 Å². The second-order valence-corrected chi connectivity index (χ2v) is 7.22. The van der Waals surface area contributed by atoms with Crippen molar-refractivity contribution in [3.05, 3.63) is 59.5 Å². The van der Waals surface area contributed by atoms with Crippen LogP contribution in [-0.2, 0) is 26.0 Å². The Labute approximate surface area is 154 Å². The lowest BCUT2D eigenvalue weighted by Crippen LogP contribution is -2.18. The third kappa shape index (κ3) is 3.87. The van der Waals surface area contributed by atoms with Gasteiger partial charge in [-0.25, -0.2) is 8.42 Å². The monoisotopic (exact) mass is 391 g/mol. The van der Waals surface area contributed by atoms with Gasteiger partial charge in [0.15, 0.2) is 0 Å². The molecule has 0 aliphatic heterocycles. The summed E-state index contributed by atoms with van der Waals surface area (Å²) in [7, 11) is -2.86. The van der Waals surface area contributed by atoms with Gasteiger partial charge in [0, 0.05) is 17.0 Å². The lowest BCUT2D eigenvalue weighted by atomic mass is 10.1. The third-order valence-electron chi connectivity index (χ3n) is 3.83. The van der Waals surface area contributed by atoms with Crippen LogP contribution in [0.1, 0.15) is 5.56 Å². The van der Waals surface area contributed by atoms with Crippen molar-refractivity contribution >= 4 is 38.3 Å². The van der Waals surface area contributed by atoms with Crippen LogP contribution in [0, 0.1) is 5.21 Å². The Bertz CT molecular complexity index is 1090. The molecule has 3 aromatic rings. The van der Waals surface area contributed by atoms with Crippen molar-refractivity contribution in [2.75, 3.05) is 17.1 Å². The van der Waals surface area contributed by atoms with E-state index in [1.165, 1.54) is 49.8 Å². The second kappa shape index (κ2) is 7.27. The fourth-order valence-corrected chi connectivity index (χ4v) is 3.79. The maximum absolute atomic E-state index is 12.6. The number of benzene rings is 2. The summed E-state index contributed by atoms with van der Waals surface area (Å²) < 4.78 is 37.5. The molecule has 0 atom stereocenters. The Hall–Kier alpha value is -3.08. The fraction of sp³-hybridized carbons (Fsp3) is 0.118. The molecule has 2 N–H and O–H groups in total. The number of carbonyl (C=O) groups is 1.